The standard InChI is InChI=1S/C58H66N8O12S2/c1-37-17-23-43(25-45(37)31-65-27-39(3)77-49-13-9-11-15-51(49)79(65,71)72)53(57(5,6)55(67)68)75-35-47-33-63(61-59-47)29-41-19-21-42(22-20-41)30-64-34-48(60-62-64)36-76-54(58(7,8)56(69)70)44-24-18-38(2)46(26-44)32-66-28-40(4)78-50-14-10-12-16-52(50)80(66,73)74/h9-26,33-34,39-40,53-54H,27-32,35-36H2,1-8H3,(H,67,68)(H,69,70)/t39-,40-,53+,54+/m1/s1. The Hall–Kier alpha value is -7.34. The third-order valence-corrected chi connectivity index (χ3v) is 18.4. The molecule has 0 saturated heterocycles. The maximum absolute atomic E-state index is 13.9. The van der Waals surface area contributed by atoms with Gasteiger partial charge in [-0.05, 0) is 124 Å². The summed E-state index contributed by atoms with van der Waals surface area (Å²) in [6.07, 6.45) is 0.750. The molecule has 0 spiro atoms. The summed E-state index contributed by atoms with van der Waals surface area (Å²) in [5.41, 5.74) is 4.23. The average Bonchev–Trinajstić information content (AvgIpc) is 4.07. The number of carboxylic acids is 2. The molecule has 0 radical (unpaired) electrons. The highest BCUT2D eigenvalue weighted by atomic mass is 32.2. The quantitative estimate of drug-likeness (QED) is 0.0729. The molecule has 5 aromatic carbocycles. The van der Waals surface area contributed by atoms with Gasteiger partial charge < -0.3 is 29.2 Å². The van der Waals surface area contributed by atoms with E-state index in [9.17, 15) is 36.6 Å². The van der Waals surface area contributed by atoms with Gasteiger partial charge in [0.25, 0.3) is 0 Å². The number of rotatable bonds is 20. The van der Waals surface area contributed by atoms with Crippen molar-refractivity contribution in [1.82, 2.24) is 38.6 Å². The van der Waals surface area contributed by atoms with Crippen LogP contribution in [0.2, 0.25) is 0 Å². The van der Waals surface area contributed by atoms with Gasteiger partial charge in [-0.2, -0.15) is 8.61 Å². The fourth-order valence-corrected chi connectivity index (χ4v) is 13.1. The molecule has 0 amide bonds. The molecular weight excluding hydrogens is 1060 g/mol. The van der Waals surface area contributed by atoms with Gasteiger partial charge in [0.15, 0.2) is 0 Å². The molecule has 2 aromatic heterocycles. The van der Waals surface area contributed by atoms with Crippen LogP contribution in [0.25, 0.3) is 0 Å². The summed E-state index contributed by atoms with van der Waals surface area (Å²) in [7, 11) is -7.84. The van der Waals surface area contributed by atoms with Gasteiger partial charge in [0.05, 0.1) is 74.8 Å². The number of carboxylic acid groups (broad SMARTS) is 2. The lowest BCUT2D eigenvalue weighted by atomic mass is 9.81. The van der Waals surface area contributed by atoms with E-state index in [1.807, 2.05) is 76.2 Å². The Kier molecular flexibility index (Phi) is 16.5. The van der Waals surface area contributed by atoms with Gasteiger partial charge in [-0.15, -0.1) is 10.2 Å². The smallest absolute Gasteiger partial charge is 0.312 e. The molecule has 4 heterocycles. The summed E-state index contributed by atoms with van der Waals surface area (Å²) in [4.78, 5) is 25.6. The number of hydrogen-bond donors (Lipinski definition) is 2. The first kappa shape index (κ1) is 57.3. The number of nitrogens with zero attached hydrogens (tertiary/aromatic N) is 8. The van der Waals surface area contributed by atoms with Crippen molar-refractivity contribution in [3.8, 4) is 11.5 Å². The van der Waals surface area contributed by atoms with Crippen molar-refractivity contribution >= 4 is 32.0 Å². The van der Waals surface area contributed by atoms with Crippen molar-refractivity contribution in [3.05, 3.63) is 177 Å². The molecule has 80 heavy (non-hydrogen) atoms. The first-order valence-electron chi connectivity index (χ1n) is 26.2. The van der Waals surface area contributed by atoms with Crippen LogP contribution in [0.5, 0.6) is 11.5 Å². The topological polar surface area (TPSA) is 248 Å². The first-order valence-corrected chi connectivity index (χ1v) is 29.0. The molecule has 0 bridgehead atoms. The number of sulfonamides is 2. The summed E-state index contributed by atoms with van der Waals surface area (Å²) in [6, 6.07) is 31.9. The predicted octanol–water partition coefficient (Wildman–Crippen LogP) is 8.26. The Morgan fingerprint density at radius 2 is 0.963 bits per heavy atom. The Morgan fingerprint density at radius 1 is 0.588 bits per heavy atom. The van der Waals surface area contributed by atoms with Gasteiger partial charge in [0.1, 0.15) is 44.9 Å². The molecule has 2 aliphatic heterocycles. The van der Waals surface area contributed by atoms with Gasteiger partial charge in [0, 0.05) is 13.1 Å². The van der Waals surface area contributed by atoms with E-state index in [4.69, 9.17) is 18.9 Å². The van der Waals surface area contributed by atoms with Crippen LogP contribution in [0.1, 0.15) is 110 Å². The number of ether oxygens (including phenoxy) is 4. The third-order valence-electron chi connectivity index (χ3n) is 14.7. The lowest BCUT2D eigenvalue weighted by Gasteiger charge is -2.31. The maximum atomic E-state index is 13.9. The largest absolute Gasteiger partial charge is 0.488 e. The number of fused-ring (bicyclic) bond motifs is 2. The zero-order valence-electron chi connectivity index (χ0n) is 45.9. The molecule has 9 rings (SSSR count). The zero-order valence-corrected chi connectivity index (χ0v) is 47.5. The summed E-state index contributed by atoms with van der Waals surface area (Å²) < 4.78 is 86.4. The van der Waals surface area contributed by atoms with Crippen LogP contribution < -0.4 is 9.47 Å². The van der Waals surface area contributed by atoms with Crippen LogP contribution in [0.3, 0.4) is 0 Å². The lowest BCUT2D eigenvalue weighted by Crippen LogP contribution is -2.36. The van der Waals surface area contributed by atoms with Gasteiger partial charge >= 0.3 is 11.9 Å². The fourth-order valence-electron chi connectivity index (χ4n) is 9.90. The normalized spacial score (nSPS) is 18.1. The Bertz CT molecular complexity index is 3400. The Labute approximate surface area is 466 Å². The van der Waals surface area contributed by atoms with E-state index in [0.29, 0.717) is 58.2 Å². The van der Waals surface area contributed by atoms with Gasteiger partial charge in [-0.1, -0.05) is 95.4 Å². The summed E-state index contributed by atoms with van der Waals surface area (Å²) in [5, 5.41) is 38.1. The van der Waals surface area contributed by atoms with Crippen molar-refractivity contribution in [2.75, 3.05) is 13.1 Å². The van der Waals surface area contributed by atoms with Crippen LogP contribution in [0.4, 0.5) is 0 Å². The SMILES string of the molecule is Cc1ccc([C@H](OCc2cn(Cc3ccc(Cn4cc(CO[C@@H](c5ccc(C)c(CN6C[C@@H](C)Oc7ccccc7S6(=O)=O)c5)C(C)(C)C(=O)O)nn4)cc3)nn2)C(C)(C)C(=O)O)cc1CN1C[C@@H](C)Oc2ccccc2S1(=O)=O. The van der Waals surface area contributed by atoms with Crippen LogP contribution in [-0.2, 0) is 78.5 Å². The van der Waals surface area contributed by atoms with Crippen molar-refractivity contribution < 1.29 is 55.6 Å². The van der Waals surface area contributed by atoms with Gasteiger partial charge in [-0.25, -0.2) is 26.2 Å². The van der Waals surface area contributed by atoms with Crippen LogP contribution >= 0.6 is 0 Å². The lowest BCUT2D eigenvalue weighted by molar-refractivity contribution is -0.159. The molecule has 0 unspecified atom stereocenters. The fraction of sp³-hybridized carbons (Fsp3) is 0.379. The number of aliphatic carboxylic acids is 2. The van der Waals surface area contributed by atoms with Crippen molar-refractivity contribution in [3.63, 3.8) is 0 Å². The molecule has 7 aromatic rings. The van der Waals surface area contributed by atoms with E-state index in [0.717, 1.165) is 22.3 Å². The molecule has 22 heteroatoms. The van der Waals surface area contributed by atoms with E-state index in [2.05, 4.69) is 20.6 Å². The number of aryl methyl sites for hydroxylation is 2. The number of benzene rings is 5. The minimum absolute atomic E-state index is 0.0404. The van der Waals surface area contributed by atoms with Crippen molar-refractivity contribution in [1.29, 1.82) is 0 Å². The van der Waals surface area contributed by atoms with Crippen LogP contribution in [0.15, 0.2) is 131 Å². The number of aromatic nitrogens is 6. The third kappa shape index (κ3) is 12.3. The number of carbonyl (C=O) groups is 2. The number of para-hydroxylation sites is 2. The highest BCUT2D eigenvalue weighted by Gasteiger charge is 2.42. The van der Waals surface area contributed by atoms with Crippen molar-refractivity contribution in [2.24, 2.45) is 10.8 Å². The molecule has 0 saturated carbocycles. The van der Waals surface area contributed by atoms with Crippen LogP contribution in [-0.4, -0.2) is 103 Å². The Balaban J connectivity index is 0.823. The van der Waals surface area contributed by atoms with Crippen LogP contribution in [0, 0.1) is 24.7 Å². The maximum Gasteiger partial charge on any atom is 0.312 e. The molecule has 0 fully saturated rings. The summed E-state index contributed by atoms with van der Waals surface area (Å²) >= 11 is 0. The average molecular weight is 1130 g/mol. The predicted molar refractivity (Wildman–Crippen MR) is 293 cm³/mol. The van der Waals surface area contributed by atoms with E-state index in [1.54, 1.807) is 98.0 Å². The minimum atomic E-state index is -3.92. The van der Waals surface area contributed by atoms with E-state index >= 15 is 0 Å². The number of hydrogen-bond acceptors (Lipinski definition) is 14. The second-order valence-corrected chi connectivity index (χ2v) is 25.6. The summed E-state index contributed by atoms with van der Waals surface area (Å²) in [6.45, 7) is 14.7. The van der Waals surface area contributed by atoms with Gasteiger partial charge in [-0.3, -0.25) is 9.59 Å². The molecular formula is C58H66N8O12S2. The second kappa shape index (κ2) is 23.0. The zero-order chi connectivity index (χ0) is 57.3. The van der Waals surface area contributed by atoms with Gasteiger partial charge in [0.2, 0.25) is 20.0 Å². The van der Waals surface area contributed by atoms with Crippen molar-refractivity contribution in [2.45, 2.75) is 129 Å². The van der Waals surface area contributed by atoms with E-state index in [1.165, 1.54) is 20.7 Å². The highest BCUT2D eigenvalue weighted by Crippen LogP contribution is 2.41. The Morgan fingerprint density at radius 3 is 1.34 bits per heavy atom. The molecule has 20 nitrogen and oxygen atoms in total. The molecule has 2 aliphatic rings. The monoisotopic (exact) mass is 1130 g/mol. The molecule has 0 aliphatic carbocycles. The first-order chi connectivity index (χ1) is 37.9. The highest BCUT2D eigenvalue weighted by molar-refractivity contribution is 7.89. The molecule has 4 atom stereocenters. The van der Waals surface area contributed by atoms with E-state index < -0.39 is 67.2 Å². The molecule has 2 N–H and O–H groups in total. The van der Waals surface area contributed by atoms with E-state index in [-0.39, 0.29) is 49.2 Å². The molecule has 422 valence electrons. The summed E-state index contributed by atoms with van der Waals surface area (Å²) in [5.74, 6) is -1.55. The second-order valence-electron chi connectivity index (χ2n) is 21.8. The minimum Gasteiger partial charge on any atom is -0.488 e.